The molecule has 1 aromatic heterocycles. The van der Waals surface area contributed by atoms with Crippen molar-refractivity contribution in [1.82, 2.24) is 14.6 Å². The van der Waals surface area contributed by atoms with Gasteiger partial charge in [-0.1, -0.05) is 20.8 Å². The first-order valence-electron chi connectivity index (χ1n) is 8.73. The Morgan fingerprint density at radius 2 is 2.07 bits per heavy atom. The number of rotatable bonds is 12. The highest BCUT2D eigenvalue weighted by atomic mass is 31.2. The number of esters is 1. The number of H-pyrrole nitrogens is 1. The van der Waals surface area contributed by atoms with Crippen LogP contribution in [0, 0.1) is 5.92 Å². The highest BCUT2D eigenvalue weighted by Crippen LogP contribution is 2.26. The van der Waals surface area contributed by atoms with Crippen molar-refractivity contribution in [3.63, 3.8) is 0 Å². The van der Waals surface area contributed by atoms with Gasteiger partial charge in [0.15, 0.2) is 0 Å². The Hall–Kier alpha value is -1.58. The van der Waals surface area contributed by atoms with Gasteiger partial charge in [0.2, 0.25) is 0 Å². The number of nitrogens with zero attached hydrogens (tertiary/aromatic N) is 1. The molecule has 10 nitrogen and oxygen atoms in total. The summed E-state index contributed by atoms with van der Waals surface area (Å²) in [6.07, 6.45) is 0.975. The van der Waals surface area contributed by atoms with Crippen molar-refractivity contribution < 1.29 is 23.7 Å². The number of hydrogen-bond donors (Lipinski definition) is 3. The first-order chi connectivity index (χ1) is 12.7. The number of ether oxygens (including phenoxy) is 2. The summed E-state index contributed by atoms with van der Waals surface area (Å²) < 4.78 is 17.3. The molecule has 1 heterocycles. The zero-order chi connectivity index (χ0) is 20.4. The fourth-order valence-corrected chi connectivity index (χ4v) is 2.65. The monoisotopic (exact) mass is 405 g/mol. The second-order valence-electron chi connectivity index (χ2n) is 6.08. The molecule has 0 aliphatic heterocycles. The van der Waals surface area contributed by atoms with Gasteiger partial charge in [-0.2, -0.15) is 0 Å². The van der Waals surface area contributed by atoms with Gasteiger partial charge in [0.05, 0.1) is 18.6 Å². The molecule has 3 N–H and O–H groups in total. The van der Waals surface area contributed by atoms with E-state index in [9.17, 15) is 19.3 Å². The van der Waals surface area contributed by atoms with E-state index in [0.717, 1.165) is 0 Å². The molecule has 11 heteroatoms. The molecule has 0 aliphatic carbocycles. The minimum atomic E-state index is -1.89. The van der Waals surface area contributed by atoms with Crippen LogP contribution in [0.4, 0.5) is 0 Å². The summed E-state index contributed by atoms with van der Waals surface area (Å²) in [6, 6.07) is 1.24. The lowest BCUT2D eigenvalue weighted by atomic mass is 10.2. The lowest BCUT2D eigenvalue weighted by molar-refractivity contribution is -0.147. The molecule has 0 radical (unpaired) electrons. The van der Waals surface area contributed by atoms with E-state index in [2.05, 4.69) is 10.1 Å². The molecule has 0 bridgehead atoms. The normalized spacial score (nSPS) is 14.7. The summed E-state index contributed by atoms with van der Waals surface area (Å²) in [5.74, 6) is -0.498. The highest BCUT2D eigenvalue weighted by molar-refractivity contribution is 7.43. The van der Waals surface area contributed by atoms with Crippen molar-refractivity contribution in [2.75, 3.05) is 19.8 Å². The van der Waals surface area contributed by atoms with Crippen LogP contribution >= 0.6 is 8.53 Å². The van der Waals surface area contributed by atoms with E-state index >= 15 is 0 Å². The third-order valence-electron chi connectivity index (χ3n) is 3.54. The molecule has 0 saturated heterocycles. The molecule has 0 fully saturated rings. The van der Waals surface area contributed by atoms with E-state index in [1.807, 2.05) is 6.92 Å². The number of nitrogens with one attached hydrogen (secondary N) is 2. The van der Waals surface area contributed by atoms with Crippen LogP contribution in [0.1, 0.15) is 40.3 Å². The molecule has 0 spiro atoms. The lowest BCUT2D eigenvalue weighted by Crippen LogP contribution is -2.33. The Morgan fingerprint density at radius 3 is 2.67 bits per heavy atom. The zero-order valence-electron chi connectivity index (χ0n) is 16.0. The van der Waals surface area contributed by atoms with Crippen LogP contribution in [0.25, 0.3) is 0 Å². The molecule has 0 saturated carbocycles. The average Bonchev–Trinajstić information content (AvgIpc) is 2.61. The van der Waals surface area contributed by atoms with Gasteiger partial charge in [-0.25, -0.2) is 9.88 Å². The van der Waals surface area contributed by atoms with Crippen molar-refractivity contribution in [3.8, 4) is 0 Å². The van der Waals surface area contributed by atoms with Crippen LogP contribution in [0.3, 0.4) is 0 Å². The molecule has 154 valence electrons. The second kappa shape index (κ2) is 12.0. The number of hydrogen-bond acceptors (Lipinski definition) is 8. The largest absolute Gasteiger partial charge is 0.464 e. The van der Waals surface area contributed by atoms with E-state index in [1.54, 1.807) is 20.8 Å². The Balaban J connectivity index is 2.37. The molecule has 1 rings (SSSR count). The molecule has 27 heavy (non-hydrogen) atoms. The Kier molecular flexibility index (Phi) is 10.4. The standard InChI is InChI=1S/C16H28N3O7P/c1-5-13(26-12(4)19-8-6-14(20)18-16(19)22)10-25-27(23)17-7-9-24-15(21)11(2)3/h6,8,11-13,17,23H,5,7,9-10H2,1-4H3,(H,18,20,22). The highest BCUT2D eigenvalue weighted by Gasteiger charge is 2.17. The van der Waals surface area contributed by atoms with Crippen molar-refractivity contribution in [1.29, 1.82) is 0 Å². The quantitative estimate of drug-likeness (QED) is 0.265. The van der Waals surface area contributed by atoms with Crippen molar-refractivity contribution >= 4 is 14.5 Å². The summed E-state index contributed by atoms with van der Waals surface area (Å²) in [4.78, 5) is 46.2. The Bertz CT molecular complexity index is 691. The van der Waals surface area contributed by atoms with Crippen LogP contribution in [-0.2, 0) is 18.8 Å². The van der Waals surface area contributed by atoms with E-state index in [0.29, 0.717) is 6.42 Å². The summed E-state index contributed by atoms with van der Waals surface area (Å²) in [6.45, 7) is 7.55. The van der Waals surface area contributed by atoms with Gasteiger partial charge in [0.25, 0.3) is 14.1 Å². The fraction of sp³-hybridized carbons (Fsp3) is 0.688. The SMILES string of the molecule is CCC(COP(O)NCCOC(=O)C(C)C)OC(C)n1ccc(=O)[nH]c1=O. The average molecular weight is 405 g/mol. The minimum Gasteiger partial charge on any atom is -0.464 e. The summed E-state index contributed by atoms with van der Waals surface area (Å²) in [7, 11) is -1.89. The van der Waals surface area contributed by atoms with Crippen LogP contribution in [0.15, 0.2) is 21.9 Å². The maximum Gasteiger partial charge on any atom is 0.330 e. The molecule has 0 aromatic carbocycles. The molecule has 3 unspecified atom stereocenters. The van der Waals surface area contributed by atoms with Gasteiger partial charge >= 0.3 is 11.7 Å². The topological polar surface area (TPSA) is 132 Å². The Labute approximate surface area is 158 Å². The van der Waals surface area contributed by atoms with Gasteiger partial charge in [-0.3, -0.25) is 19.1 Å². The number of aromatic nitrogens is 2. The third kappa shape index (κ3) is 8.77. The number of aromatic amines is 1. The predicted molar refractivity (Wildman–Crippen MR) is 100 cm³/mol. The maximum absolute atomic E-state index is 11.8. The molecule has 3 atom stereocenters. The van der Waals surface area contributed by atoms with Gasteiger partial charge in [-0.05, 0) is 13.3 Å². The van der Waals surface area contributed by atoms with Crippen LogP contribution < -0.4 is 16.3 Å². The zero-order valence-corrected chi connectivity index (χ0v) is 16.9. The predicted octanol–water partition coefficient (Wildman–Crippen LogP) is 0.875. The molecule has 0 aliphatic rings. The summed E-state index contributed by atoms with van der Waals surface area (Å²) in [5, 5.41) is 2.73. The maximum atomic E-state index is 11.8. The number of carbonyl (C=O) groups is 1. The first kappa shape index (κ1) is 23.5. The molecular weight excluding hydrogens is 377 g/mol. The van der Waals surface area contributed by atoms with E-state index in [4.69, 9.17) is 14.0 Å². The van der Waals surface area contributed by atoms with E-state index < -0.39 is 26.0 Å². The van der Waals surface area contributed by atoms with E-state index in [1.165, 1.54) is 16.8 Å². The molecule has 0 amide bonds. The van der Waals surface area contributed by atoms with Crippen molar-refractivity contribution in [2.45, 2.75) is 46.4 Å². The molecule has 1 aromatic rings. The third-order valence-corrected chi connectivity index (χ3v) is 4.42. The van der Waals surface area contributed by atoms with Gasteiger partial charge in [-0.15, -0.1) is 0 Å². The van der Waals surface area contributed by atoms with Gasteiger partial charge < -0.3 is 18.9 Å². The summed E-state index contributed by atoms with van der Waals surface area (Å²) >= 11 is 0. The van der Waals surface area contributed by atoms with Gasteiger partial charge in [0, 0.05) is 18.8 Å². The minimum absolute atomic E-state index is 0.111. The molecular formula is C16H28N3O7P. The van der Waals surface area contributed by atoms with Crippen molar-refractivity contribution in [3.05, 3.63) is 33.1 Å². The van der Waals surface area contributed by atoms with Crippen LogP contribution in [0.5, 0.6) is 0 Å². The van der Waals surface area contributed by atoms with Crippen LogP contribution in [0.2, 0.25) is 0 Å². The smallest absolute Gasteiger partial charge is 0.330 e. The fourth-order valence-electron chi connectivity index (χ4n) is 1.97. The van der Waals surface area contributed by atoms with Gasteiger partial charge in [0.1, 0.15) is 12.8 Å². The number of carbonyl (C=O) groups excluding carboxylic acids is 1. The Morgan fingerprint density at radius 1 is 1.37 bits per heavy atom. The van der Waals surface area contributed by atoms with E-state index in [-0.39, 0.29) is 37.7 Å². The van der Waals surface area contributed by atoms with Crippen molar-refractivity contribution in [2.24, 2.45) is 5.92 Å². The second-order valence-corrected chi connectivity index (χ2v) is 7.20. The lowest BCUT2D eigenvalue weighted by Gasteiger charge is -2.23. The van der Waals surface area contributed by atoms with Crippen LogP contribution in [-0.4, -0.2) is 46.3 Å². The summed E-state index contributed by atoms with van der Waals surface area (Å²) in [5.41, 5.74) is -1.04. The first-order valence-corrected chi connectivity index (χ1v) is 9.94.